The Balaban J connectivity index is 1.65. The van der Waals surface area contributed by atoms with Gasteiger partial charge in [-0.2, -0.15) is 0 Å². The molecule has 2 unspecified atom stereocenters. The van der Waals surface area contributed by atoms with Crippen molar-refractivity contribution in [1.29, 1.82) is 0 Å². The summed E-state index contributed by atoms with van der Waals surface area (Å²) in [6.45, 7) is 12.3. The number of amides is 3. The van der Waals surface area contributed by atoms with Gasteiger partial charge in [-0.1, -0.05) is 49.4 Å². The van der Waals surface area contributed by atoms with Crippen LogP contribution in [-0.2, 0) is 19.1 Å². The van der Waals surface area contributed by atoms with E-state index < -0.39 is 41.7 Å². The summed E-state index contributed by atoms with van der Waals surface area (Å²) >= 11 is 0. The molecule has 5 rings (SSSR count). The van der Waals surface area contributed by atoms with Crippen LogP contribution < -0.4 is 9.64 Å². The number of carbonyl (C=O) groups excluding carboxylic acids is 3. The topological polar surface area (TPSA) is 99.6 Å². The van der Waals surface area contributed by atoms with E-state index in [0.29, 0.717) is 42.9 Å². The van der Waals surface area contributed by atoms with Gasteiger partial charge in [0.1, 0.15) is 17.4 Å². The van der Waals surface area contributed by atoms with Crippen LogP contribution in [0.15, 0.2) is 79.9 Å². The fourth-order valence-electron chi connectivity index (χ4n) is 7.66. The summed E-state index contributed by atoms with van der Waals surface area (Å²) in [5.74, 6) is -1.89. The Kier molecular flexibility index (Phi) is 9.00. The molecule has 234 valence electrons. The maximum absolute atomic E-state index is 14.9. The summed E-state index contributed by atoms with van der Waals surface area (Å²) in [5.41, 5.74) is -0.862. The van der Waals surface area contributed by atoms with Crippen LogP contribution in [0.2, 0.25) is 0 Å². The van der Waals surface area contributed by atoms with Crippen LogP contribution in [0.25, 0.3) is 0 Å². The zero-order valence-corrected chi connectivity index (χ0v) is 25.9. The van der Waals surface area contributed by atoms with E-state index in [2.05, 4.69) is 13.2 Å². The van der Waals surface area contributed by atoms with Gasteiger partial charge < -0.3 is 29.3 Å². The normalized spacial score (nSPS) is 27.5. The van der Waals surface area contributed by atoms with E-state index in [-0.39, 0.29) is 24.3 Å². The minimum absolute atomic E-state index is 0.166. The van der Waals surface area contributed by atoms with Gasteiger partial charge in [0.05, 0.1) is 37.2 Å². The number of methoxy groups -OCH3 is 1. The van der Waals surface area contributed by atoms with Gasteiger partial charge in [-0.15, -0.1) is 13.2 Å². The van der Waals surface area contributed by atoms with Crippen LogP contribution in [0, 0.1) is 11.8 Å². The highest BCUT2D eigenvalue weighted by Crippen LogP contribution is 2.64. The molecule has 0 aliphatic carbocycles. The second-order valence-corrected chi connectivity index (χ2v) is 12.1. The number of aliphatic hydroxyl groups is 1. The molecule has 9 heteroatoms. The Hall–Kier alpha value is -3.95. The van der Waals surface area contributed by atoms with E-state index in [0.717, 1.165) is 6.42 Å². The standard InChI is InChI=1S/C35H43N3O6/c1-6-20-36(21-7-2)31(40)28-29-32(41)38(27(23-39)24-12-10-9-11-13-24)30(35(29)19-18-34(28,4)44-35)33(42)37(22-8-3)25-14-16-26(43-5)17-15-25/h6,8-17,27-30,39H,1,3,7,18-23H2,2,4-5H3/t27-,28+,29+,30?,34-,35?/m1/s1. The predicted octanol–water partition coefficient (Wildman–Crippen LogP) is 4.14. The van der Waals surface area contributed by atoms with E-state index in [1.54, 1.807) is 53.3 Å². The lowest BCUT2D eigenvalue weighted by Crippen LogP contribution is -2.57. The van der Waals surface area contributed by atoms with E-state index in [1.165, 1.54) is 4.90 Å². The molecule has 3 aliphatic rings. The summed E-state index contributed by atoms with van der Waals surface area (Å²) in [7, 11) is 1.57. The number of rotatable bonds is 13. The summed E-state index contributed by atoms with van der Waals surface area (Å²) < 4.78 is 12.2. The molecule has 2 aromatic rings. The molecule has 3 amide bonds. The zero-order valence-electron chi connectivity index (χ0n) is 25.9. The van der Waals surface area contributed by atoms with Crippen molar-refractivity contribution in [2.24, 2.45) is 11.8 Å². The Morgan fingerprint density at radius 2 is 1.77 bits per heavy atom. The fraction of sp³-hybridized carbons (Fsp3) is 0.457. The Morgan fingerprint density at radius 3 is 2.36 bits per heavy atom. The van der Waals surface area contributed by atoms with Crippen LogP contribution in [0.5, 0.6) is 5.75 Å². The van der Waals surface area contributed by atoms with Crippen LogP contribution in [0.3, 0.4) is 0 Å². The largest absolute Gasteiger partial charge is 0.497 e. The van der Waals surface area contributed by atoms with Gasteiger partial charge in [0.2, 0.25) is 11.8 Å². The van der Waals surface area contributed by atoms with Crippen LogP contribution in [-0.4, -0.2) is 83.2 Å². The zero-order chi connectivity index (χ0) is 31.6. The van der Waals surface area contributed by atoms with Crippen molar-refractivity contribution in [3.8, 4) is 5.75 Å². The molecule has 44 heavy (non-hydrogen) atoms. The first kappa shape index (κ1) is 31.5. The minimum atomic E-state index is -1.25. The number of ether oxygens (including phenoxy) is 2. The van der Waals surface area contributed by atoms with E-state index in [9.17, 15) is 19.5 Å². The lowest BCUT2D eigenvalue weighted by atomic mass is 9.66. The molecule has 0 saturated carbocycles. The third kappa shape index (κ3) is 5.02. The SMILES string of the molecule is C=CCN(CCC)C(=O)[C@@H]1[C@H]2C(=O)N([C@H](CO)c3ccccc3)C(C(=O)N(CC=C)c3ccc(OC)cc3)C23CC[C@@]1(C)O3. The average molecular weight is 602 g/mol. The number of fused-ring (bicyclic) bond motifs is 1. The van der Waals surface area contributed by atoms with E-state index >= 15 is 0 Å². The van der Waals surface area contributed by atoms with Gasteiger partial charge in [-0.3, -0.25) is 14.4 Å². The molecule has 3 fully saturated rings. The van der Waals surface area contributed by atoms with Gasteiger partial charge in [0.25, 0.3) is 5.91 Å². The molecule has 1 spiro atoms. The highest BCUT2D eigenvalue weighted by Gasteiger charge is 2.79. The average Bonchev–Trinajstić information content (AvgIpc) is 3.61. The van der Waals surface area contributed by atoms with Crippen molar-refractivity contribution in [3.63, 3.8) is 0 Å². The molecular weight excluding hydrogens is 558 g/mol. The van der Waals surface area contributed by atoms with Crippen molar-refractivity contribution < 1.29 is 29.0 Å². The molecule has 0 radical (unpaired) electrons. The van der Waals surface area contributed by atoms with Crippen molar-refractivity contribution in [2.45, 2.75) is 56.4 Å². The number of nitrogens with zero attached hydrogens (tertiary/aromatic N) is 3. The van der Waals surface area contributed by atoms with Gasteiger partial charge >= 0.3 is 0 Å². The van der Waals surface area contributed by atoms with Gasteiger partial charge in [0.15, 0.2) is 0 Å². The second-order valence-electron chi connectivity index (χ2n) is 12.1. The van der Waals surface area contributed by atoms with Crippen molar-refractivity contribution >= 4 is 23.4 Å². The monoisotopic (exact) mass is 601 g/mol. The maximum atomic E-state index is 14.9. The molecule has 6 atom stereocenters. The van der Waals surface area contributed by atoms with Gasteiger partial charge in [0, 0.05) is 25.3 Å². The highest BCUT2D eigenvalue weighted by molar-refractivity contribution is 6.05. The number of likely N-dealkylation sites (tertiary alicyclic amines) is 1. The fourth-order valence-corrected chi connectivity index (χ4v) is 7.66. The molecule has 2 aromatic carbocycles. The number of carbonyl (C=O) groups is 3. The Morgan fingerprint density at radius 1 is 1.09 bits per heavy atom. The molecule has 3 aliphatic heterocycles. The molecule has 9 nitrogen and oxygen atoms in total. The van der Waals surface area contributed by atoms with Gasteiger partial charge in [-0.25, -0.2) is 0 Å². The molecular formula is C35H43N3O6. The Labute approximate surface area is 259 Å². The van der Waals surface area contributed by atoms with Crippen molar-refractivity contribution in [3.05, 3.63) is 85.5 Å². The molecule has 0 aromatic heterocycles. The smallest absolute Gasteiger partial charge is 0.253 e. The molecule has 3 heterocycles. The van der Waals surface area contributed by atoms with Crippen LogP contribution >= 0.6 is 0 Å². The minimum Gasteiger partial charge on any atom is -0.497 e. The quantitative estimate of drug-likeness (QED) is 0.347. The van der Waals surface area contributed by atoms with E-state index in [1.807, 2.05) is 44.2 Å². The number of hydrogen-bond donors (Lipinski definition) is 1. The number of hydrogen-bond acceptors (Lipinski definition) is 6. The molecule has 1 N–H and O–H groups in total. The maximum Gasteiger partial charge on any atom is 0.253 e. The van der Waals surface area contributed by atoms with Crippen molar-refractivity contribution in [1.82, 2.24) is 9.80 Å². The molecule has 3 saturated heterocycles. The van der Waals surface area contributed by atoms with E-state index in [4.69, 9.17) is 9.47 Å². The number of benzene rings is 2. The first-order valence-electron chi connectivity index (χ1n) is 15.4. The number of aliphatic hydroxyl groups excluding tert-OH is 1. The Bertz CT molecular complexity index is 1400. The first-order valence-corrected chi connectivity index (χ1v) is 15.4. The van der Waals surface area contributed by atoms with Crippen molar-refractivity contribution in [2.75, 3.05) is 38.3 Å². The summed E-state index contributed by atoms with van der Waals surface area (Å²) in [6.07, 6.45) is 5.03. The highest BCUT2D eigenvalue weighted by atomic mass is 16.5. The third-order valence-electron chi connectivity index (χ3n) is 9.52. The molecule has 2 bridgehead atoms. The summed E-state index contributed by atoms with van der Waals surface area (Å²) in [6, 6.07) is 14.4. The predicted molar refractivity (Wildman–Crippen MR) is 168 cm³/mol. The van der Waals surface area contributed by atoms with Crippen LogP contribution in [0.4, 0.5) is 5.69 Å². The third-order valence-corrected chi connectivity index (χ3v) is 9.52. The first-order chi connectivity index (χ1) is 21.2. The lowest BCUT2D eigenvalue weighted by molar-refractivity contribution is -0.152. The number of anilines is 1. The summed E-state index contributed by atoms with van der Waals surface area (Å²) in [5, 5.41) is 10.8. The van der Waals surface area contributed by atoms with Gasteiger partial charge in [-0.05, 0) is 56.0 Å². The summed E-state index contributed by atoms with van der Waals surface area (Å²) in [4.78, 5) is 48.8. The lowest BCUT2D eigenvalue weighted by Gasteiger charge is -2.39. The second kappa shape index (κ2) is 12.6. The van der Waals surface area contributed by atoms with Crippen LogP contribution in [0.1, 0.15) is 44.7 Å².